The molecule has 0 fully saturated rings. The molecule has 1 aromatic rings. The van der Waals surface area contributed by atoms with Crippen molar-refractivity contribution in [2.24, 2.45) is 0 Å². The first-order chi connectivity index (χ1) is 8.47. The van der Waals surface area contributed by atoms with Crippen LogP contribution in [-0.2, 0) is 12.0 Å². The SMILES string of the molecule is CCCCN(CCO)Cc1nc(C(C)(C)C)no1. The molecule has 0 amide bonds. The number of aromatic nitrogens is 2. The maximum absolute atomic E-state index is 9.04. The quantitative estimate of drug-likeness (QED) is 0.807. The van der Waals surface area contributed by atoms with Crippen molar-refractivity contribution in [3.8, 4) is 0 Å². The van der Waals surface area contributed by atoms with Gasteiger partial charge in [0.2, 0.25) is 5.89 Å². The first-order valence-corrected chi connectivity index (χ1v) is 6.63. The predicted molar refractivity (Wildman–Crippen MR) is 70.3 cm³/mol. The Morgan fingerprint density at radius 1 is 1.28 bits per heavy atom. The fourth-order valence-electron chi connectivity index (χ4n) is 1.61. The second-order valence-corrected chi connectivity index (χ2v) is 5.62. The monoisotopic (exact) mass is 255 g/mol. The van der Waals surface area contributed by atoms with Gasteiger partial charge in [-0.15, -0.1) is 0 Å². The summed E-state index contributed by atoms with van der Waals surface area (Å²) in [5.41, 5.74) is -0.0903. The minimum atomic E-state index is -0.0903. The average molecular weight is 255 g/mol. The van der Waals surface area contributed by atoms with Crippen LogP contribution in [0.3, 0.4) is 0 Å². The highest BCUT2D eigenvalue weighted by molar-refractivity contribution is 4.99. The van der Waals surface area contributed by atoms with Crippen LogP contribution in [0.25, 0.3) is 0 Å². The van der Waals surface area contributed by atoms with E-state index < -0.39 is 0 Å². The molecule has 5 heteroatoms. The normalized spacial score (nSPS) is 12.3. The molecule has 0 unspecified atom stereocenters. The molecule has 0 spiro atoms. The van der Waals surface area contributed by atoms with E-state index in [0.29, 0.717) is 19.0 Å². The van der Waals surface area contributed by atoms with Crippen LogP contribution in [0.1, 0.15) is 52.3 Å². The standard InChI is InChI=1S/C13H25N3O2/c1-5-6-7-16(8-9-17)10-11-14-12(15-18-11)13(2,3)4/h17H,5-10H2,1-4H3. The number of aliphatic hydroxyl groups excluding tert-OH is 1. The lowest BCUT2D eigenvalue weighted by Gasteiger charge is -2.18. The van der Waals surface area contributed by atoms with Crippen molar-refractivity contribution in [2.45, 2.75) is 52.5 Å². The van der Waals surface area contributed by atoms with Gasteiger partial charge in [0.15, 0.2) is 5.82 Å². The maximum atomic E-state index is 9.04. The van der Waals surface area contributed by atoms with Crippen molar-refractivity contribution in [3.05, 3.63) is 11.7 Å². The van der Waals surface area contributed by atoms with Gasteiger partial charge in [0, 0.05) is 12.0 Å². The lowest BCUT2D eigenvalue weighted by atomic mass is 9.96. The van der Waals surface area contributed by atoms with Crippen molar-refractivity contribution in [3.63, 3.8) is 0 Å². The fourth-order valence-corrected chi connectivity index (χ4v) is 1.61. The maximum Gasteiger partial charge on any atom is 0.240 e. The van der Waals surface area contributed by atoms with Crippen LogP contribution in [0.5, 0.6) is 0 Å². The third-order valence-electron chi connectivity index (χ3n) is 2.74. The van der Waals surface area contributed by atoms with E-state index in [1.165, 1.54) is 0 Å². The van der Waals surface area contributed by atoms with Crippen molar-refractivity contribution < 1.29 is 9.63 Å². The van der Waals surface area contributed by atoms with Gasteiger partial charge in [-0.25, -0.2) is 0 Å². The lowest BCUT2D eigenvalue weighted by molar-refractivity contribution is 0.172. The van der Waals surface area contributed by atoms with Gasteiger partial charge in [-0.05, 0) is 13.0 Å². The number of hydrogen-bond acceptors (Lipinski definition) is 5. The first kappa shape index (κ1) is 15.1. The number of unbranched alkanes of at least 4 members (excludes halogenated alkanes) is 1. The Hall–Kier alpha value is -0.940. The molecule has 0 aromatic carbocycles. The Kier molecular flexibility index (Phi) is 5.75. The third kappa shape index (κ3) is 4.74. The largest absolute Gasteiger partial charge is 0.395 e. The molecule has 0 saturated carbocycles. The van der Waals surface area contributed by atoms with Crippen LogP contribution in [0.15, 0.2) is 4.52 Å². The topological polar surface area (TPSA) is 62.4 Å². The number of aliphatic hydroxyl groups is 1. The minimum Gasteiger partial charge on any atom is -0.395 e. The van der Waals surface area contributed by atoms with Crippen molar-refractivity contribution in [2.75, 3.05) is 19.7 Å². The van der Waals surface area contributed by atoms with Crippen LogP contribution in [0.2, 0.25) is 0 Å². The second kappa shape index (κ2) is 6.85. The molecular weight excluding hydrogens is 230 g/mol. The molecule has 0 radical (unpaired) electrons. The van der Waals surface area contributed by atoms with E-state index in [-0.39, 0.29) is 12.0 Å². The third-order valence-corrected chi connectivity index (χ3v) is 2.74. The highest BCUT2D eigenvalue weighted by Crippen LogP contribution is 2.18. The van der Waals surface area contributed by atoms with E-state index in [4.69, 9.17) is 9.63 Å². The highest BCUT2D eigenvalue weighted by atomic mass is 16.5. The zero-order valence-corrected chi connectivity index (χ0v) is 11.9. The van der Waals surface area contributed by atoms with E-state index in [9.17, 15) is 0 Å². The Morgan fingerprint density at radius 3 is 2.50 bits per heavy atom. The molecule has 0 aliphatic carbocycles. The summed E-state index contributed by atoms with van der Waals surface area (Å²) >= 11 is 0. The molecule has 1 N–H and O–H groups in total. The van der Waals surface area contributed by atoms with Crippen molar-refractivity contribution >= 4 is 0 Å². The molecule has 0 aliphatic heterocycles. The van der Waals surface area contributed by atoms with Crippen LogP contribution in [-0.4, -0.2) is 39.8 Å². The number of hydrogen-bond donors (Lipinski definition) is 1. The molecule has 5 nitrogen and oxygen atoms in total. The van der Waals surface area contributed by atoms with Crippen LogP contribution < -0.4 is 0 Å². The van der Waals surface area contributed by atoms with E-state index in [0.717, 1.165) is 25.2 Å². The molecule has 104 valence electrons. The van der Waals surface area contributed by atoms with Gasteiger partial charge in [0.05, 0.1) is 13.2 Å². The van der Waals surface area contributed by atoms with Gasteiger partial charge >= 0.3 is 0 Å². The van der Waals surface area contributed by atoms with Gasteiger partial charge in [-0.1, -0.05) is 39.3 Å². The molecule has 1 aromatic heterocycles. The van der Waals surface area contributed by atoms with Crippen LogP contribution >= 0.6 is 0 Å². The molecular formula is C13H25N3O2. The zero-order chi connectivity index (χ0) is 13.6. The predicted octanol–water partition coefficient (Wildman–Crippen LogP) is 1.96. The van der Waals surface area contributed by atoms with Gasteiger partial charge in [0.25, 0.3) is 0 Å². The molecule has 0 bridgehead atoms. The Morgan fingerprint density at radius 2 is 2.00 bits per heavy atom. The molecule has 0 atom stereocenters. The van der Waals surface area contributed by atoms with Gasteiger partial charge in [-0.2, -0.15) is 4.98 Å². The summed E-state index contributed by atoms with van der Waals surface area (Å²) in [6.07, 6.45) is 2.25. The zero-order valence-electron chi connectivity index (χ0n) is 11.9. The van der Waals surface area contributed by atoms with Crippen molar-refractivity contribution in [1.82, 2.24) is 15.0 Å². The summed E-state index contributed by atoms with van der Waals surface area (Å²) in [4.78, 5) is 6.55. The summed E-state index contributed by atoms with van der Waals surface area (Å²) in [5.74, 6) is 1.36. The molecule has 0 saturated heterocycles. The highest BCUT2D eigenvalue weighted by Gasteiger charge is 2.21. The molecule has 18 heavy (non-hydrogen) atoms. The lowest BCUT2D eigenvalue weighted by Crippen LogP contribution is -2.27. The Labute approximate surface area is 109 Å². The Bertz CT molecular complexity index is 344. The van der Waals surface area contributed by atoms with E-state index in [1.54, 1.807) is 0 Å². The van der Waals surface area contributed by atoms with E-state index in [2.05, 4.69) is 42.7 Å². The first-order valence-electron chi connectivity index (χ1n) is 6.63. The summed E-state index contributed by atoms with van der Waals surface area (Å²) in [5, 5.41) is 13.0. The van der Waals surface area contributed by atoms with E-state index in [1.807, 2.05) is 0 Å². The average Bonchev–Trinajstić information content (AvgIpc) is 2.74. The second-order valence-electron chi connectivity index (χ2n) is 5.62. The summed E-state index contributed by atoms with van der Waals surface area (Å²) in [6.45, 7) is 10.7. The number of nitrogens with zero attached hydrogens (tertiary/aromatic N) is 3. The molecule has 0 aliphatic rings. The van der Waals surface area contributed by atoms with Gasteiger partial charge in [-0.3, -0.25) is 4.90 Å². The van der Waals surface area contributed by atoms with E-state index >= 15 is 0 Å². The molecule has 1 heterocycles. The van der Waals surface area contributed by atoms with Crippen LogP contribution in [0, 0.1) is 0 Å². The number of rotatable bonds is 7. The minimum absolute atomic E-state index is 0.0903. The van der Waals surface area contributed by atoms with Crippen molar-refractivity contribution in [1.29, 1.82) is 0 Å². The Balaban J connectivity index is 2.60. The molecule has 1 rings (SSSR count). The van der Waals surface area contributed by atoms with Gasteiger partial charge < -0.3 is 9.63 Å². The van der Waals surface area contributed by atoms with Crippen LogP contribution in [0.4, 0.5) is 0 Å². The fraction of sp³-hybridized carbons (Fsp3) is 0.846. The smallest absolute Gasteiger partial charge is 0.240 e. The summed E-state index contributed by atoms with van der Waals surface area (Å²) < 4.78 is 5.26. The summed E-state index contributed by atoms with van der Waals surface area (Å²) in [7, 11) is 0. The van der Waals surface area contributed by atoms with Gasteiger partial charge in [0.1, 0.15) is 0 Å². The summed E-state index contributed by atoms with van der Waals surface area (Å²) in [6, 6.07) is 0.